The van der Waals surface area contributed by atoms with Crippen LogP contribution in [0.4, 0.5) is 4.79 Å². The Kier molecular flexibility index (Phi) is 4.97. The van der Waals surface area contributed by atoms with Crippen molar-refractivity contribution in [3.63, 3.8) is 0 Å². The second kappa shape index (κ2) is 7.53. The third-order valence-corrected chi connectivity index (χ3v) is 5.03. The number of ether oxygens (including phenoxy) is 2. The largest absolute Gasteiger partial charge is 0.490 e. The summed E-state index contributed by atoms with van der Waals surface area (Å²) in [5, 5.41) is 5.21. The molecule has 1 saturated heterocycles. The number of hydrogen-bond donors (Lipinski definition) is 2. The maximum atomic E-state index is 12.2. The molecule has 0 radical (unpaired) electrons. The second-order valence-electron chi connectivity index (χ2n) is 7.18. The van der Waals surface area contributed by atoms with Crippen molar-refractivity contribution < 1.29 is 19.1 Å². The zero-order valence-electron chi connectivity index (χ0n) is 14.8. The number of urea groups is 1. The van der Waals surface area contributed by atoms with Gasteiger partial charge in [-0.25, -0.2) is 4.79 Å². The van der Waals surface area contributed by atoms with Gasteiger partial charge < -0.3 is 14.8 Å². The van der Waals surface area contributed by atoms with E-state index in [1.54, 1.807) is 0 Å². The standard InChI is InChI=1S/C19H25N3O4/c23-18(21-19(24)20-14-5-6-14)12-22-8-1-3-15(22)13-4-7-16-17(11-13)26-10-2-9-25-16/h4,7,11,14-15H,1-3,5-6,8-10,12H2,(H2,20,21,23,24)/t15-/m0/s1. The molecule has 3 amide bonds. The van der Waals surface area contributed by atoms with Gasteiger partial charge in [0.15, 0.2) is 11.5 Å². The van der Waals surface area contributed by atoms with Gasteiger partial charge in [-0.15, -0.1) is 0 Å². The van der Waals surface area contributed by atoms with Gasteiger partial charge in [-0.05, 0) is 49.9 Å². The quantitative estimate of drug-likeness (QED) is 0.859. The summed E-state index contributed by atoms with van der Waals surface area (Å²) >= 11 is 0. The maximum Gasteiger partial charge on any atom is 0.321 e. The van der Waals surface area contributed by atoms with Crippen molar-refractivity contribution in [1.82, 2.24) is 15.5 Å². The first-order valence-corrected chi connectivity index (χ1v) is 9.43. The van der Waals surface area contributed by atoms with E-state index in [1.807, 2.05) is 18.2 Å². The molecule has 1 aliphatic carbocycles. The van der Waals surface area contributed by atoms with Crippen molar-refractivity contribution >= 4 is 11.9 Å². The number of likely N-dealkylation sites (tertiary alicyclic amines) is 1. The highest BCUT2D eigenvalue weighted by atomic mass is 16.5. The van der Waals surface area contributed by atoms with E-state index in [4.69, 9.17) is 9.47 Å². The average molecular weight is 359 g/mol. The van der Waals surface area contributed by atoms with Gasteiger partial charge in [0.2, 0.25) is 5.91 Å². The Morgan fingerprint density at radius 1 is 1.08 bits per heavy atom. The molecule has 26 heavy (non-hydrogen) atoms. The first kappa shape index (κ1) is 17.1. The number of hydrogen-bond acceptors (Lipinski definition) is 5. The van der Waals surface area contributed by atoms with Crippen LogP contribution < -0.4 is 20.1 Å². The molecular formula is C19H25N3O4. The van der Waals surface area contributed by atoms with Gasteiger partial charge in [-0.3, -0.25) is 15.0 Å². The number of nitrogens with one attached hydrogen (secondary N) is 2. The number of fused-ring (bicyclic) bond motifs is 1. The van der Waals surface area contributed by atoms with E-state index in [0.29, 0.717) is 13.2 Å². The summed E-state index contributed by atoms with van der Waals surface area (Å²) in [6.07, 6.45) is 4.89. The molecule has 4 rings (SSSR count). The highest BCUT2D eigenvalue weighted by Crippen LogP contribution is 2.37. The molecule has 7 nitrogen and oxygen atoms in total. The third kappa shape index (κ3) is 4.09. The van der Waals surface area contributed by atoms with Crippen LogP contribution in [0.3, 0.4) is 0 Å². The fourth-order valence-corrected chi connectivity index (χ4v) is 3.58. The molecule has 0 unspecified atom stereocenters. The molecule has 1 atom stereocenters. The Morgan fingerprint density at radius 2 is 1.88 bits per heavy atom. The second-order valence-corrected chi connectivity index (χ2v) is 7.18. The number of rotatable bonds is 4. The molecular weight excluding hydrogens is 334 g/mol. The van der Waals surface area contributed by atoms with Crippen molar-refractivity contribution in [3.8, 4) is 11.5 Å². The summed E-state index contributed by atoms with van der Waals surface area (Å²) in [7, 11) is 0. The first-order valence-electron chi connectivity index (χ1n) is 9.43. The molecule has 0 aromatic heterocycles. The van der Waals surface area contributed by atoms with E-state index in [-0.39, 0.29) is 30.6 Å². The topological polar surface area (TPSA) is 79.9 Å². The van der Waals surface area contributed by atoms with Crippen molar-refractivity contribution in [2.24, 2.45) is 0 Å². The van der Waals surface area contributed by atoms with E-state index >= 15 is 0 Å². The molecule has 0 spiro atoms. The molecule has 1 saturated carbocycles. The molecule has 2 heterocycles. The predicted molar refractivity (Wildman–Crippen MR) is 95.3 cm³/mol. The van der Waals surface area contributed by atoms with Crippen LogP contribution in [0.1, 0.15) is 43.7 Å². The van der Waals surface area contributed by atoms with Crippen LogP contribution in [-0.2, 0) is 4.79 Å². The summed E-state index contributed by atoms with van der Waals surface area (Å²) in [6.45, 7) is 2.39. The monoisotopic (exact) mass is 359 g/mol. The van der Waals surface area contributed by atoms with Crippen LogP contribution in [0.2, 0.25) is 0 Å². The Bertz CT molecular complexity index is 689. The lowest BCUT2D eigenvalue weighted by Crippen LogP contribution is -2.45. The number of benzene rings is 1. The Morgan fingerprint density at radius 3 is 2.69 bits per heavy atom. The van der Waals surface area contributed by atoms with Crippen molar-refractivity contribution in [2.75, 3.05) is 26.3 Å². The maximum absolute atomic E-state index is 12.2. The summed E-state index contributed by atoms with van der Waals surface area (Å²) in [5.41, 5.74) is 1.13. The minimum atomic E-state index is -0.385. The van der Waals surface area contributed by atoms with E-state index in [1.165, 1.54) is 0 Å². The van der Waals surface area contributed by atoms with Gasteiger partial charge in [0.05, 0.1) is 19.8 Å². The summed E-state index contributed by atoms with van der Waals surface area (Å²) in [4.78, 5) is 26.1. The average Bonchev–Trinajstić information content (AvgIpc) is 3.36. The van der Waals surface area contributed by atoms with Crippen molar-refractivity contribution in [2.45, 2.75) is 44.2 Å². The molecule has 2 fully saturated rings. The normalized spacial score (nSPS) is 22.5. The van der Waals surface area contributed by atoms with Crippen LogP contribution in [0.5, 0.6) is 11.5 Å². The lowest BCUT2D eigenvalue weighted by atomic mass is 10.0. The minimum absolute atomic E-state index is 0.157. The van der Waals surface area contributed by atoms with Crippen molar-refractivity contribution in [3.05, 3.63) is 23.8 Å². The minimum Gasteiger partial charge on any atom is -0.490 e. The van der Waals surface area contributed by atoms with Gasteiger partial charge in [0, 0.05) is 18.5 Å². The number of amides is 3. The highest BCUT2D eigenvalue weighted by Gasteiger charge is 2.29. The van der Waals surface area contributed by atoms with Crippen LogP contribution in [0, 0.1) is 0 Å². The third-order valence-electron chi connectivity index (χ3n) is 5.03. The molecule has 1 aromatic carbocycles. The van der Waals surface area contributed by atoms with Crippen LogP contribution >= 0.6 is 0 Å². The summed E-state index contributed by atoms with van der Waals surface area (Å²) in [5.74, 6) is 1.30. The molecule has 7 heteroatoms. The Hall–Kier alpha value is -2.28. The number of imide groups is 1. The van der Waals surface area contributed by atoms with Gasteiger partial charge >= 0.3 is 6.03 Å². The van der Waals surface area contributed by atoms with E-state index < -0.39 is 0 Å². The van der Waals surface area contributed by atoms with Gasteiger partial charge in [-0.2, -0.15) is 0 Å². The smallest absolute Gasteiger partial charge is 0.321 e. The molecule has 3 aliphatic rings. The number of carbonyl (C=O) groups excluding carboxylic acids is 2. The van der Waals surface area contributed by atoms with Crippen LogP contribution in [0.25, 0.3) is 0 Å². The van der Waals surface area contributed by atoms with E-state index in [2.05, 4.69) is 15.5 Å². The lowest BCUT2D eigenvalue weighted by Gasteiger charge is -2.24. The molecule has 140 valence electrons. The number of carbonyl (C=O) groups is 2. The Balaban J connectivity index is 1.39. The summed E-state index contributed by atoms with van der Waals surface area (Å²) < 4.78 is 11.5. The van der Waals surface area contributed by atoms with Crippen LogP contribution in [-0.4, -0.2) is 49.2 Å². The molecule has 2 aliphatic heterocycles. The lowest BCUT2D eigenvalue weighted by molar-refractivity contribution is -0.121. The highest BCUT2D eigenvalue weighted by molar-refractivity contribution is 5.95. The van der Waals surface area contributed by atoms with E-state index in [0.717, 1.165) is 55.7 Å². The van der Waals surface area contributed by atoms with Gasteiger partial charge in [0.1, 0.15) is 0 Å². The first-order chi connectivity index (χ1) is 12.7. The molecule has 0 bridgehead atoms. The predicted octanol–water partition coefficient (Wildman–Crippen LogP) is 1.97. The fourth-order valence-electron chi connectivity index (χ4n) is 3.58. The zero-order valence-corrected chi connectivity index (χ0v) is 14.8. The fraction of sp³-hybridized carbons (Fsp3) is 0.579. The van der Waals surface area contributed by atoms with Gasteiger partial charge in [-0.1, -0.05) is 6.07 Å². The van der Waals surface area contributed by atoms with E-state index in [9.17, 15) is 9.59 Å². The zero-order chi connectivity index (χ0) is 17.9. The number of nitrogens with zero attached hydrogens (tertiary/aromatic N) is 1. The molecule has 1 aromatic rings. The summed E-state index contributed by atoms with van der Waals surface area (Å²) in [6, 6.07) is 6.04. The Labute approximate surface area is 153 Å². The SMILES string of the molecule is O=C(CN1CCC[C@H]1c1ccc2c(c1)OCCCO2)NC(=O)NC1CC1. The van der Waals surface area contributed by atoms with Crippen LogP contribution in [0.15, 0.2) is 18.2 Å². The van der Waals surface area contributed by atoms with Crippen molar-refractivity contribution in [1.29, 1.82) is 0 Å². The molecule has 2 N–H and O–H groups in total. The van der Waals surface area contributed by atoms with Gasteiger partial charge in [0.25, 0.3) is 0 Å².